The summed E-state index contributed by atoms with van der Waals surface area (Å²) in [5.41, 5.74) is 4.81. The zero-order valence-electron chi connectivity index (χ0n) is 4.35. The second-order valence-corrected chi connectivity index (χ2v) is 3.94. The van der Waals surface area contributed by atoms with E-state index in [1.54, 1.807) is 0 Å². The van der Waals surface area contributed by atoms with Crippen LogP contribution in [0.1, 0.15) is 0 Å². The topological polar surface area (TPSA) is 97.5 Å². The lowest BCUT2D eigenvalue weighted by Crippen LogP contribution is -2.27. The first kappa shape index (κ1) is 8.89. The van der Waals surface area contributed by atoms with Crippen molar-refractivity contribution >= 4 is 21.8 Å². The van der Waals surface area contributed by atoms with Crippen molar-refractivity contribution in [3.8, 4) is 0 Å². The smallest absolute Gasteiger partial charge is 0.324 e. The van der Waals surface area contributed by atoms with E-state index in [1.807, 2.05) is 0 Å². The fourth-order valence-electron chi connectivity index (χ4n) is 0.211. The molecule has 0 heterocycles. The zero-order valence-corrected chi connectivity index (χ0v) is 5.98. The van der Waals surface area contributed by atoms with E-state index in [9.17, 15) is 12.6 Å². The van der Waals surface area contributed by atoms with Gasteiger partial charge in [-0.25, -0.2) is 0 Å². The first-order valence-corrected chi connectivity index (χ1v) is 4.28. The molecule has 0 rings (SSSR count). The third kappa shape index (κ3) is 2.80. The molecule has 0 amide bonds. The van der Waals surface area contributed by atoms with E-state index >= 15 is 0 Å². The summed E-state index contributed by atoms with van der Waals surface area (Å²) in [5.74, 6) is 0. The highest BCUT2D eigenvalue weighted by Crippen LogP contribution is 1.93. The van der Waals surface area contributed by atoms with Gasteiger partial charge in [0.1, 0.15) is 0 Å². The van der Waals surface area contributed by atoms with E-state index in [4.69, 9.17) is 10.3 Å². The molecule has 0 bridgehead atoms. The lowest BCUT2D eigenvalue weighted by atomic mass is 10.8. The Kier molecular flexibility index (Phi) is 3.12. The van der Waals surface area contributed by atoms with E-state index in [0.29, 0.717) is 0 Å². The van der Waals surface area contributed by atoms with Gasteiger partial charge in [-0.15, -0.1) is 0 Å². The Labute approximate surface area is 56.5 Å². The first-order valence-electron chi connectivity index (χ1n) is 1.97. The standard InChI is InChI=1S/C2H5NO4S2/c3-1-2(8-4)9(5,6)7/h2H,1,3H2/p+1. The Balaban J connectivity index is 4.32. The van der Waals surface area contributed by atoms with Crippen LogP contribution in [0.2, 0.25) is 0 Å². The SMILES string of the molecule is NCC([S+]=O)S(=O)(=O)O. The largest absolute Gasteiger partial charge is 0.483 e. The fraction of sp³-hybridized carbons (Fsp3) is 1.00. The molecule has 0 spiro atoms. The van der Waals surface area contributed by atoms with Crippen molar-refractivity contribution in [1.29, 1.82) is 0 Å². The quantitative estimate of drug-likeness (QED) is 0.402. The van der Waals surface area contributed by atoms with Crippen LogP contribution in [0.15, 0.2) is 0 Å². The minimum absolute atomic E-state index is 0.236. The Morgan fingerprint density at radius 2 is 2.11 bits per heavy atom. The third-order valence-electron chi connectivity index (χ3n) is 0.632. The summed E-state index contributed by atoms with van der Waals surface area (Å²) in [5, 5.41) is 0. The molecule has 0 fully saturated rings. The van der Waals surface area contributed by atoms with E-state index in [0.717, 1.165) is 0 Å². The van der Waals surface area contributed by atoms with E-state index in [-0.39, 0.29) is 18.2 Å². The minimum atomic E-state index is -4.24. The Bertz CT molecular complexity index is 185. The first-order chi connectivity index (χ1) is 4.02. The summed E-state index contributed by atoms with van der Waals surface area (Å²) in [6.45, 7) is -0.368. The van der Waals surface area contributed by atoms with Gasteiger partial charge in [0.15, 0.2) is 0 Å². The zero-order chi connectivity index (χ0) is 7.49. The van der Waals surface area contributed by atoms with Crippen LogP contribution in [0.4, 0.5) is 0 Å². The molecule has 1 unspecified atom stereocenters. The summed E-state index contributed by atoms with van der Waals surface area (Å²) >= 11 is -0.236. The van der Waals surface area contributed by atoms with Gasteiger partial charge in [0, 0.05) is 4.21 Å². The number of hydrogen-bond donors (Lipinski definition) is 2. The highest BCUT2D eigenvalue weighted by molar-refractivity contribution is 7.96. The predicted octanol–water partition coefficient (Wildman–Crippen LogP) is -1.41. The van der Waals surface area contributed by atoms with E-state index < -0.39 is 14.7 Å². The van der Waals surface area contributed by atoms with Crippen molar-refractivity contribution in [2.24, 2.45) is 5.73 Å². The fourth-order valence-corrected chi connectivity index (χ4v) is 0.929. The summed E-state index contributed by atoms with van der Waals surface area (Å²) in [7, 11) is -4.24. The maximum atomic E-state index is 10.0. The molecule has 0 aromatic carbocycles. The van der Waals surface area contributed by atoms with Gasteiger partial charge in [0.25, 0.3) is 0 Å². The molecular formula is C2H6NO4S2+. The van der Waals surface area contributed by atoms with Crippen LogP contribution >= 0.6 is 0 Å². The summed E-state index contributed by atoms with van der Waals surface area (Å²) < 4.78 is 36.6. The van der Waals surface area contributed by atoms with Crippen molar-refractivity contribution in [3.63, 3.8) is 0 Å². The lowest BCUT2D eigenvalue weighted by molar-refractivity contribution is 0.479. The van der Waals surface area contributed by atoms with Crippen LogP contribution in [0, 0.1) is 0 Å². The van der Waals surface area contributed by atoms with Gasteiger partial charge < -0.3 is 5.73 Å². The highest BCUT2D eigenvalue weighted by Gasteiger charge is 2.34. The maximum Gasteiger partial charge on any atom is 0.483 e. The van der Waals surface area contributed by atoms with Crippen LogP contribution < -0.4 is 5.73 Å². The molecule has 0 aromatic rings. The summed E-state index contributed by atoms with van der Waals surface area (Å²) in [6, 6.07) is 0. The van der Waals surface area contributed by atoms with E-state index in [2.05, 4.69) is 0 Å². The Morgan fingerprint density at radius 3 is 2.11 bits per heavy atom. The Hall–Kier alpha value is -0.110. The molecular weight excluding hydrogens is 166 g/mol. The average Bonchev–Trinajstić information content (AvgIpc) is 1.65. The molecule has 3 N–H and O–H groups in total. The van der Waals surface area contributed by atoms with Crippen molar-refractivity contribution in [3.05, 3.63) is 0 Å². The second-order valence-electron chi connectivity index (χ2n) is 1.28. The van der Waals surface area contributed by atoms with Gasteiger partial charge in [-0.05, 0) is 0 Å². The van der Waals surface area contributed by atoms with Gasteiger partial charge in [0.05, 0.1) is 6.54 Å². The molecule has 1 atom stereocenters. The monoisotopic (exact) mass is 172 g/mol. The molecule has 5 nitrogen and oxygen atoms in total. The van der Waals surface area contributed by atoms with Gasteiger partial charge in [-0.3, -0.25) is 4.55 Å². The summed E-state index contributed by atoms with van der Waals surface area (Å²) in [4.78, 5) is 0. The predicted molar refractivity (Wildman–Crippen MR) is 32.4 cm³/mol. The second kappa shape index (κ2) is 3.16. The third-order valence-corrected chi connectivity index (χ3v) is 2.86. The van der Waals surface area contributed by atoms with Crippen molar-refractivity contribution < 1.29 is 17.2 Å². The van der Waals surface area contributed by atoms with Gasteiger partial charge in [-0.2, -0.15) is 8.42 Å². The lowest BCUT2D eigenvalue weighted by Gasteiger charge is -1.88. The molecule has 0 saturated heterocycles. The molecule has 0 radical (unpaired) electrons. The van der Waals surface area contributed by atoms with Crippen molar-refractivity contribution in [2.45, 2.75) is 4.58 Å². The number of rotatable bonds is 3. The van der Waals surface area contributed by atoms with E-state index in [1.165, 1.54) is 0 Å². The minimum Gasteiger partial charge on any atom is -0.324 e. The van der Waals surface area contributed by atoms with Gasteiger partial charge in [-0.1, -0.05) is 0 Å². The van der Waals surface area contributed by atoms with Crippen molar-refractivity contribution in [1.82, 2.24) is 0 Å². The number of hydrogen-bond acceptors (Lipinski definition) is 4. The molecule has 7 heteroatoms. The van der Waals surface area contributed by atoms with Crippen LogP contribution in [0.5, 0.6) is 0 Å². The molecule has 0 aliphatic carbocycles. The van der Waals surface area contributed by atoms with Crippen LogP contribution in [0.25, 0.3) is 0 Å². The number of nitrogens with two attached hydrogens (primary N) is 1. The van der Waals surface area contributed by atoms with Crippen LogP contribution in [0.3, 0.4) is 0 Å². The molecule has 0 aromatic heterocycles. The van der Waals surface area contributed by atoms with Crippen molar-refractivity contribution in [2.75, 3.05) is 6.54 Å². The molecule has 54 valence electrons. The van der Waals surface area contributed by atoms with Gasteiger partial charge >= 0.3 is 26.4 Å². The molecule has 0 aliphatic rings. The molecule has 9 heavy (non-hydrogen) atoms. The summed E-state index contributed by atoms with van der Waals surface area (Å²) in [6.07, 6.45) is 0. The van der Waals surface area contributed by atoms with Crippen LogP contribution in [-0.2, 0) is 26.0 Å². The highest BCUT2D eigenvalue weighted by atomic mass is 32.3. The normalized spacial score (nSPS) is 14.9. The Morgan fingerprint density at radius 1 is 1.67 bits per heavy atom. The molecule has 0 aliphatic heterocycles. The maximum absolute atomic E-state index is 10.0. The average molecular weight is 172 g/mol. The molecule has 0 saturated carbocycles. The van der Waals surface area contributed by atoms with Gasteiger partial charge in [0.2, 0.25) is 0 Å². The van der Waals surface area contributed by atoms with Crippen LogP contribution in [-0.4, -0.2) is 24.1 Å².